The summed E-state index contributed by atoms with van der Waals surface area (Å²) in [5, 5.41) is 0. The second-order valence-electron chi connectivity index (χ2n) is 3.73. The van der Waals surface area contributed by atoms with Gasteiger partial charge in [0, 0.05) is 20.3 Å². The van der Waals surface area contributed by atoms with Gasteiger partial charge in [-0.05, 0) is 45.1 Å². The smallest absolute Gasteiger partial charge is 0.334 e. The van der Waals surface area contributed by atoms with Gasteiger partial charge < -0.3 is 19.6 Å². The van der Waals surface area contributed by atoms with Crippen molar-refractivity contribution in [1.29, 1.82) is 0 Å². The van der Waals surface area contributed by atoms with E-state index in [-0.39, 0.29) is 0 Å². The zero-order valence-electron chi connectivity index (χ0n) is 10.00. The van der Waals surface area contributed by atoms with Crippen LogP contribution in [0.15, 0.2) is 4.99 Å². The highest BCUT2D eigenvalue weighted by Crippen LogP contribution is 2.15. The Morgan fingerprint density at radius 3 is 2.60 bits per heavy atom. The summed E-state index contributed by atoms with van der Waals surface area (Å²) in [7, 11) is -0.207. The topological polar surface area (TPSA) is 56.8 Å². The largest absolute Gasteiger partial charge is 0.398 e. The van der Waals surface area contributed by atoms with Crippen molar-refractivity contribution in [2.75, 3.05) is 26.8 Å². The van der Waals surface area contributed by atoms with Crippen molar-refractivity contribution in [3.05, 3.63) is 0 Å². The fraction of sp³-hybridized carbons (Fsp3) is 0.900. The van der Waals surface area contributed by atoms with Crippen LogP contribution in [0.3, 0.4) is 0 Å². The van der Waals surface area contributed by atoms with E-state index >= 15 is 0 Å². The second kappa shape index (κ2) is 9.03. The fourth-order valence-electron chi connectivity index (χ4n) is 1.28. The van der Waals surface area contributed by atoms with Crippen LogP contribution in [0, 0.1) is 0 Å². The molecule has 2 N–H and O–H groups in total. The minimum Gasteiger partial charge on any atom is -0.398 e. The summed E-state index contributed by atoms with van der Waals surface area (Å²) < 4.78 is 11.3. The monoisotopic (exact) mass is 232 g/mol. The lowest BCUT2D eigenvalue weighted by Crippen LogP contribution is -2.37. The molecule has 0 aliphatic carbocycles. The first-order valence-corrected chi connectivity index (χ1v) is 8.02. The Morgan fingerprint density at radius 2 is 2.07 bits per heavy atom. The van der Waals surface area contributed by atoms with Crippen LogP contribution in [0.25, 0.3) is 0 Å². The summed E-state index contributed by atoms with van der Waals surface area (Å²) in [6, 6.07) is 0.977. The maximum Gasteiger partial charge on any atom is 0.334 e. The molecule has 0 fully saturated rings. The number of hydrogen-bond donors (Lipinski definition) is 1. The van der Waals surface area contributed by atoms with Crippen molar-refractivity contribution in [1.82, 2.24) is 0 Å². The highest BCUT2D eigenvalue weighted by atomic mass is 28.4. The second-order valence-corrected chi connectivity index (χ2v) is 7.20. The van der Waals surface area contributed by atoms with Crippen LogP contribution in [-0.4, -0.2) is 42.1 Å². The van der Waals surface area contributed by atoms with Gasteiger partial charge in [-0.2, -0.15) is 0 Å². The van der Waals surface area contributed by atoms with E-state index in [1.54, 1.807) is 7.11 Å². The van der Waals surface area contributed by atoms with Crippen molar-refractivity contribution in [3.8, 4) is 0 Å². The molecule has 1 atom stereocenters. The number of rotatable bonds is 10. The zero-order chi connectivity index (χ0) is 11.6. The lowest BCUT2D eigenvalue weighted by molar-refractivity contribution is 0.200. The molecule has 0 aromatic heterocycles. The van der Waals surface area contributed by atoms with Gasteiger partial charge in [0.1, 0.15) is 0 Å². The molecule has 0 saturated heterocycles. The van der Waals surface area contributed by atoms with Gasteiger partial charge in [0.25, 0.3) is 0 Å². The number of hydrogen-bond acceptors (Lipinski definition) is 4. The van der Waals surface area contributed by atoms with Crippen LogP contribution in [0.5, 0.6) is 0 Å². The average Bonchev–Trinajstić information content (AvgIpc) is 2.25. The van der Waals surface area contributed by atoms with Crippen LogP contribution in [0.2, 0.25) is 12.6 Å². The molecular weight excluding hydrogens is 208 g/mol. The maximum absolute atomic E-state index is 5.83. The van der Waals surface area contributed by atoms with E-state index < -0.39 is 8.56 Å². The van der Waals surface area contributed by atoms with Gasteiger partial charge >= 0.3 is 8.56 Å². The van der Waals surface area contributed by atoms with E-state index in [1.165, 1.54) is 0 Å². The number of nitrogens with two attached hydrogens (primary N) is 1. The summed E-state index contributed by atoms with van der Waals surface area (Å²) in [5.74, 6) is 0. The molecule has 0 rings (SSSR count). The average molecular weight is 232 g/mol. The molecule has 0 saturated carbocycles. The summed E-state index contributed by atoms with van der Waals surface area (Å²) in [6.45, 7) is 7.84. The summed E-state index contributed by atoms with van der Waals surface area (Å²) in [6.07, 6.45) is 3.03. The maximum atomic E-state index is 5.83. The van der Waals surface area contributed by atoms with E-state index in [9.17, 15) is 0 Å². The highest BCUT2D eigenvalue weighted by Gasteiger charge is 2.29. The quantitative estimate of drug-likeness (QED) is 0.353. The minimum absolute atomic E-state index is 0.731. The number of aliphatic imine (C=N–C) groups is 1. The van der Waals surface area contributed by atoms with Gasteiger partial charge in [0.15, 0.2) is 0 Å². The molecule has 4 nitrogen and oxygen atoms in total. The first kappa shape index (κ1) is 14.8. The SMILES string of the molecule is C=NCCC[Si](C)(OC)OCCCCN. The first-order chi connectivity index (χ1) is 7.18. The molecule has 0 amide bonds. The molecule has 0 aromatic carbocycles. The predicted molar refractivity (Wildman–Crippen MR) is 66.7 cm³/mol. The summed E-state index contributed by atoms with van der Waals surface area (Å²) in [5.41, 5.74) is 5.41. The van der Waals surface area contributed by atoms with Crippen molar-refractivity contribution < 1.29 is 8.85 Å². The van der Waals surface area contributed by atoms with Crippen LogP contribution in [0.1, 0.15) is 19.3 Å². The lowest BCUT2D eigenvalue weighted by Gasteiger charge is -2.24. The lowest BCUT2D eigenvalue weighted by atomic mass is 10.3. The van der Waals surface area contributed by atoms with E-state index in [2.05, 4.69) is 18.3 Å². The normalized spacial score (nSPS) is 14.9. The molecule has 0 aliphatic rings. The van der Waals surface area contributed by atoms with Crippen LogP contribution < -0.4 is 5.73 Å². The van der Waals surface area contributed by atoms with Gasteiger partial charge in [0.2, 0.25) is 0 Å². The summed E-state index contributed by atoms with van der Waals surface area (Å²) in [4.78, 5) is 3.83. The molecule has 5 heteroatoms. The van der Waals surface area contributed by atoms with Gasteiger partial charge in [-0.3, -0.25) is 0 Å². The van der Waals surface area contributed by atoms with Crippen LogP contribution in [0.4, 0.5) is 0 Å². The van der Waals surface area contributed by atoms with Gasteiger partial charge in [0.05, 0.1) is 0 Å². The Bertz CT molecular complexity index is 170. The zero-order valence-corrected chi connectivity index (χ0v) is 11.0. The van der Waals surface area contributed by atoms with Crippen molar-refractivity contribution in [2.45, 2.75) is 31.9 Å². The Balaban J connectivity index is 3.69. The molecular formula is C10H24N2O2Si. The molecule has 0 aliphatic heterocycles. The van der Waals surface area contributed by atoms with E-state index in [0.29, 0.717) is 0 Å². The molecule has 0 radical (unpaired) electrons. The first-order valence-electron chi connectivity index (χ1n) is 5.50. The number of unbranched alkanes of at least 4 members (excludes halogenated alkanes) is 1. The fourth-order valence-corrected chi connectivity index (χ4v) is 3.12. The summed E-state index contributed by atoms with van der Waals surface area (Å²) >= 11 is 0. The Morgan fingerprint density at radius 1 is 1.33 bits per heavy atom. The molecule has 1 unspecified atom stereocenters. The van der Waals surface area contributed by atoms with Gasteiger partial charge in [-0.15, -0.1) is 0 Å². The molecule has 90 valence electrons. The standard InChI is InChI=1S/C10H24N2O2Si/c1-12-8-6-10-15(3,13-2)14-9-5-4-7-11/h1,4-11H2,2-3H3. The molecule has 0 bridgehead atoms. The predicted octanol–water partition coefficient (Wildman–Crippen LogP) is 1.55. The van der Waals surface area contributed by atoms with Crippen molar-refractivity contribution >= 4 is 15.3 Å². The highest BCUT2D eigenvalue weighted by molar-refractivity contribution is 6.65. The number of nitrogens with zero attached hydrogens (tertiary/aromatic N) is 1. The van der Waals surface area contributed by atoms with E-state index in [4.69, 9.17) is 14.6 Å². The van der Waals surface area contributed by atoms with E-state index in [0.717, 1.165) is 45.0 Å². The molecule has 15 heavy (non-hydrogen) atoms. The molecule has 0 heterocycles. The third-order valence-electron chi connectivity index (χ3n) is 2.38. The molecule has 0 aromatic rings. The van der Waals surface area contributed by atoms with Crippen LogP contribution in [-0.2, 0) is 8.85 Å². The van der Waals surface area contributed by atoms with Gasteiger partial charge in [-0.1, -0.05) is 0 Å². The van der Waals surface area contributed by atoms with Crippen LogP contribution >= 0.6 is 0 Å². The third-order valence-corrected chi connectivity index (χ3v) is 5.32. The minimum atomic E-state index is -1.94. The van der Waals surface area contributed by atoms with Gasteiger partial charge in [-0.25, -0.2) is 0 Å². The Kier molecular flexibility index (Phi) is 8.89. The van der Waals surface area contributed by atoms with Crippen molar-refractivity contribution in [3.63, 3.8) is 0 Å². The third kappa shape index (κ3) is 7.67. The Labute approximate surface area is 94.1 Å². The molecule has 0 spiro atoms. The van der Waals surface area contributed by atoms with E-state index in [1.807, 2.05) is 0 Å². The van der Waals surface area contributed by atoms with Crippen molar-refractivity contribution in [2.24, 2.45) is 10.7 Å². The Hall–Kier alpha value is -0.233.